The molecule has 2 aromatic rings. The fourth-order valence-electron chi connectivity index (χ4n) is 3.36. The first-order chi connectivity index (χ1) is 13.0. The largest absolute Gasteiger partial charge is 0.350 e. The van der Waals surface area contributed by atoms with Gasteiger partial charge < -0.3 is 10.2 Å². The van der Waals surface area contributed by atoms with E-state index in [1.54, 1.807) is 11.3 Å². The van der Waals surface area contributed by atoms with Gasteiger partial charge in [0.25, 0.3) is 0 Å². The van der Waals surface area contributed by atoms with E-state index in [4.69, 9.17) is 0 Å². The van der Waals surface area contributed by atoms with Gasteiger partial charge in [0.05, 0.1) is 6.04 Å². The minimum atomic E-state index is 0.00893. The number of aryl methyl sites for hydroxylation is 1. The number of hydrogen-bond donors (Lipinski definition) is 1. The zero-order valence-corrected chi connectivity index (χ0v) is 17.3. The van der Waals surface area contributed by atoms with Gasteiger partial charge in [-0.15, -0.1) is 11.3 Å². The molecule has 2 heterocycles. The number of hydrogen-bond acceptors (Lipinski definition) is 4. The van der Waals surface area contributed by atoms with Crippen molar-refractivity contribution in [2.45, 2.75) is 19.9 Å². The lowest BCUT2D eigenvalue weighted by Gasteiger charge is -2.38. The maximum absolute atomic E-state index is 12.6. The molecule has 27 heavy (non-hydrogen) atoms. The van der Waals surface area contributed by atoms with Crippen molar-refractivity contribution in [3.05, 3.63) is 63.4 Å². The van der Waals surface area contributed by atoms with Gasteiger partial charge in [0, 0.05) is 43.2 Å². The molecule has 1 N–H and O–H groups in total. The van der Waals surface area contributed by atoms with Crippen LogP contribution in [0.4, 0.5) is 0 Å². The average Bonchev–Trinajstić information content (AvgIpc) is 3.17. The van der Waals surface area contributed by atoms with Crippen molar-refractivity contribution in [2.75, 3.05) is 39.8 Å². The zero-order chi connectivity index (χ0) is 19.2. The van der Waals surface area contributed by atoms with Gasteiger partial charge >= 0.3 is 0 Å². The van der Waals surface area contributed by atoms with Crippen molar-refractivity contribution < 1.29 is 4.79 Å². The number of benzene rings is 1. The summed E-state index contributed by atoms with van der Waals surface area (Å²) >= 11 is 1.64. The van der Waals surface area contributed by atoms with Crippen molar-refractivity contribution in [3.63, 3.8) is 0 Å². The van der Waals surface area contributed by atoms with Crippen LogP contribution < -0.4 is 5.32 Å². The highest BCUT2D eigenvalue weighted by Gasteiger charge is 2.24. The van der Waals surface area contributed by atoms with E-state index in [0.717, 1.165) is 36.6 Å². The van der Waals surface area contributed by atoms with Gasteiger partial charge in [0.15, 0.2) is 0 Å². The van der Waals surface area contributed by atoms with Crippen molar-refractivity contribution in [2.24, 2.45) is 0 Å². The normalized spacial score (nSPS) is 17.7. The maximum atomic E-state index is 12.6. The lowest BCUT2D eigenvalue weighted by Crippen LogP contribution is -2.48. The van der Waals surface area contributed by atoms with E-state index < -0.39 is 0 Å². The van der Waals surface area contributed by atoms with Crippen LogP contribution in [0.2, 0.25) is 0 Å². The van der Waals surface area contributed by atoms with Crippen molar-refractivity contribution in [1.82, 2.24) is 15.1 Å². The number of nitrogens with one attached hydrogen (secondary N) is 1. The van der Waals surface area contributed by atoms with Crippen LogP contribution in [-0.4, -0.2) is 55.5 Å². The Hall–Kier alpha value is -1.95. The van der Waals surface area contributed by atoms with Crippen LogP contribution in [0, 0.1) is 6.92 Å². The Balaban J connectivity index is 1.69. The monoisotopic (exact) mass is 383 g/mol. The predicted octanol–water partition coefficient (Wildman–Crippen LogP) is 3.56. The predicted molar refractivity (Wildman–Crippen MR) is 114 cm³/mol. The summed E-state index contributed by atoms with van der Waals surface area (Å²) < 4.78 is 0. The van der Waals surface area contributed by atoms with E-state index in [0.29, 0.717) is 6.54 Å². The minimum Gasteiger partial charge on any atom is -0.350 e. The number of rotatable bonds is 6. The highest BCUT2D eigenvalue weighted by Crippen LogP contribution is 2.22. The van der Waals surface area contributed by atoms with Gasteiger partial charge in [0.1, 0.15) is 0 Å². The second kappa shape index (κ2) is 9.31. The molecule has 1 fully saturated rings. The molecule has 0 bridgehead atoms. The molecule has 1 aromatic heterocycles. The lowest BCUT2D eigenvalue weighted by atomic mass is 10.0. The van der Waals surface area contributed by atoms with E-state index in [1.165, 1.54) is 11.1 Å². The summed E-state index contributed by atoms with van der Waals surface area (Å²) in [5.74, 6) is 0.00893. The van der Waals surface area contributed by atoms with E-state index in [2.05, 4.69) is 53.4 Å². The van der Waals surface area contributed by atoms with Crippen LogP contribution >= 0.6 is 11.3 Å². The molecule has 1 aliphatic rings. The lowest BCUT2D eigenvalue weighted by molar-refractivity contribution is -0.117. The summed E-state index contributed by atoms with van der Waals surface area (Å²) in [6, 6.07) is 12.9. The number of thiophene rings is 1. The summed E-state index contributed by atoms with van der Waals surface area (Å²) in [5.41, 5.74) is 3.28. The fourth-order valence-corrected chi connectivity index (χ4v) is 4.08. The van der Waals surface area contributed by atoms with Crippen LogP contribution in [0.1, 0.15) is 29.0 Å². The standard InChI is InChI=1S/C22H29N3OS/c1-17-6-8-19(9-7-17)21(25-12-10-24(3)11-13-25)16-23-22(26)18(2)15-20-5-4-14-27-20/h4-9,14-15,21H,10-13,16H2,1-3H3,(H,23,26)/b18-15+. The number of nitrogens with zero attached hydrogens (tertiary/aromatic N) is 2. The van der Waals surface area contributed by atoms with E-state index >= 15 is 0 Å². The first-order valence-corrected chi connectivity index (χ1v) is 10.4. The fraction of sp³-hybridized carbons (Fsp3) is 0.409. The van der Waals surface area contributed by atoms with Gasteiger partial charge in [-0.05, 0) is 44.0 Å². The van der Waals surface area contributed by atoms with Crippen LogP contribution in [0.25, 0.3) is 6.08 Å². The minimum absolute atomic E-state index is 0.00893. The molecule has 0 aliphatic carbocycles. The molecule has 4 nitrogen and oxygen atoms in total. The quantitative estimate of drug-likeness (QED) is 0.775. The molecule has 0 radical (unpaired) electrons. The second-order valence-electron chi connectivity index (χ2n) is 7.32. The van der Waals surface area contributed by atoms with Gasteiger partial charge in [-0.25, -0.2) is 0 Å². The third-order valence-corrected chi connectivity index (χ3v) is 5.98. The molecule has 1 amide bonds. The first kappa shape index (κ1) is 19.8. The van der Waals surface area contributed by atoms with Gasteiger partial charge in [-0.3, -0.25) is 9.69 Å². The van der Waals surface area contributed by atoms with E-state index in [-0.39, 0.29) is 11.9 Å². The number of likely N-dealkylation sites (N-methyl/N-ethyl adjacent to an activating group) is 1. The molecule has 3 rings (SSSR count). The van der Waals surface area contributed by atoms with Crippen molar-refractivity contribution >= 4 is 23.3 Å². The van der Waals surface area contributed by atoms with Crippen molar-refractivity contribution in [3.8, 4) is 0 Å². The summed E-state index contributed by atoms with van der Waals surface area (Å²) in [7, 11) is 2.17. The summed E-state index contributed by atoms with van der Waals surface area (Å²) in [6.07, 6.45) is 1.96. The molecule has 1 saturated heterocycles. The number of carbonyl (C=O) groups excluding carboxylic acids is 1. The topological polar surface area (TPSA) is 35.6 Å². The smallest absolute Gasteiger partial charge is 0.247 e. The summed E-state index contributed by atoms with van der Waals surface area (Å²) in [6.45, 7) is 8.78. The third kappa shape index (κ3) is 5.51. The Morgan fingerprint density at radius 1 is 1.19 bits per heavy atom. The van der Waals surface area contributed by atoms with Crippen LogP contribution in [0.3, 0.4) is 0 Å². The Kier molecular flexibility index (Phi) is 6.83. The molecular formula is C22H29N3OS. The highest BCUT2D eigenvalue weighted by molar-refractivity contribution is 7.10. The Bertz CT molecular complexity index is 759. The number of piperazine rings is 1. The second-order valence-corrected chi connectivity index (χ2v) is 8.30. The molecule has 0 saturated carbocycles. The number of amides is 1. The Labute approximate surface area is 166 Å². The molecule has 5 heteroatoms. The molecule has 1 aromatic carbocycles. The molecule has 1 unspecified atom stereocenters. The number of carbonyl (C=O) groups is 1. The maximum Gasteiger partial charge on any atom is 0.247 e. The molecule has 1 aliphatic heterocycles. The van der Waals surface area contributed by atoms with E-state index in [9.17, 15) is 4.79 Å². The summed E-state index contributed by atoms with van der Waals surface area (Å²) in [5, 5.41) is 5.18. The van der Waals surface area contributed by atoms with Crippen molar-refractivity contribution in [1.29, 1.82) is 0 Å². The van der Waals surface area contributed by atoms with Gasteiger partial charge in [-0.2, -0.15) is 0 Å². The molecule has 1 atom stereocenters. The average molecular weight is 384 g/mol. The third-order valence-electron chi connectivity index (χ3n) is 5.16. The first-order valence-electron chi connectivity index (χ1n) is 9.52. The summed E-state index contributed by atoms with van der Waals surface area (Å²) in [4.78, 5) is 18.5. The van der Waals surface area contributed by atoms with E-state index in [1.807, 2.05) is 30.5 Å². The van der Waals surface area contributed by atoms with Crippen LogP contribution in [0.15, 0.2) is 47.4 Å². The molecule has 144 valence electrons. The SMILES string of the molecule is C/C(=C\c1cccs1)C(=O)NCC(c1ccc(C)cc1)N1CCN(C)CC1. The molecule has 0 spiro atoms. The zero-order valence-electron chi connectivity index (χ0n) is 16.4. The molecular weight excluding hydrogens is 354 g/mol. The van der Waals surface area contributed by atoms with Crippen LogP contribution in [0.5, 0.6) is 0 Å². The highest BCUT2D eigenvalue weighted by atomic mass is 32.1. The van der Waals surface area contributed by atoms with Crippen LogP contribution in [-0.2, 0) is 4.79 Å². The van der Waals surface area contributed by atoms with Gasteiger partial charge in [0.2, 0.25) is 5.91 Å². The van der Waals surface area contributed by atoms with Gasteiger partial charge in [-0.1, -0.05) is 35.9 Å². The Morgan fingerprint density at radius 2 is 1.89 bits per heavy atom. The Morgan fingerprint density at radius 3 is 2.52 bits per heavy atom.